The van der Waals surface area contributed by atoms with Crippen LogP contribution in [0.25, 0.3) is 0 Å². The van der Waals surface area contributed by atoms with Gasteiger partial charge in [0.25, 0.3) is 0 Å². The van der Waals surface area contributed by atoms with Crippen LogP contribution in [0.4, 0.5) is 0 Å². The summed E-state index contributed by atoms with van der Waals surface area (Å²) in [4.78, 5) is 6.99. The van der Waals surface area contributed by atoms with E-state index in [9.17, 15) is 0 Å². The summed E-state index contributed by atoms with van der Waals surface area (Å²) < 4.78 is 10.6. The molecule has 0 fully saturated rings. The Kier molecular flexibility index (Phi) is 4.81. The third-order valence-electron chi connectivity index (χ3n) is 2.34. The van der Waals surface area contributed by atoms with E-state index >= 15 is 0 Å². The Morgan fingerprint density at radius 1 is 1.47 bits per heavy atom. The molecular formula is C12H17N3O2. The molecule has 2 aromatic rings. The largest absolute Gasteiger partial charge is 0.467 e. The number of ether oxygens (including phenoxy) is 1. The molecule has 0 radical (unpaired) electrons. The van der Waals surface area contributed by atoms with Crippen LogP contribution in [0.15, 0.2) is 35.3 Å². The minimum Gasteiger partial charge on any atom is -0.467 e. The molecule has 2 heterocycles. The van der Waals surface area contributed by atoms with Crippen LogP contribution in [0.3, 0.4) is 0 Å². The zero-order valence-corrected chi connectivity index (χ0v) is 9.69. The Morgan fingerprint density at radius 3 is 3.24 bits per heavy atom. The second kappa shape index (κ2) is 6.88. The van der Waals surface area contributed by atoms with Crippen LogP contribution in [0.2, 0.25) is 0 Å². The van der Waals surface area contributed by atoms with Gasteiger partial charge in [0.1, 0.15) is 12.4 Å². The van der Waals surface area contributed by atoms with Crippen LogP contribution in [0.1, 0.15) is 17.9 Å². The highest BCUT2D eigenvalue weighted by atomic mass is 16.5. The molecule has 0 unspecified atom stereocenters. The lowest BCUT2D eigenvalue weighted by Gasteiger charge is -2.03. The number of nitrogens with one attached hydrogen (secondary N) is 2. The van der Waals surface area contributed by atoms with Gasteiger partial charge in [-0.1, -0.05) is 0 Å². The van der Waals surface area contributed by atoms with Crippen molar-refractivity contribution in [3.05, 3.63) is 42.4 Å². The van der Waals surface area contributed by atoms with E-state index in [0.717, 1.165) is 37.6 Å². The predicted octanol–water partition coefficient (Wildman–Crippen LogP) is 1.70. The fourth-order valence-electron chi connectivity index (χ4n) is 1.47. The summed E-state index contributed by atoms with van der Waals surface area (Å²) in [6, 6.07) is 3.78. The molecular weight excluding hydrogens is 218 g/mol. The van der Waals surface area contributed by atoms with Gasteiger partial charge in [0, 0.05) is 25.0 Å². The van der Waals surface area contributed by atoms with Crippen molar-refractivity contribution in [2.45, 2.75) is 19.6 Å². The number of hydrogen-bond donors (Lipinski definition) is 2. The Hall–Kier alpha value is -1.59. The smallest absolute Gasteiger partial charge is 0.129 e. The first kappa shape index (κ1) is 11.9. The number of nitrogens with zero attached hydrogens (tertiary/aromatic N) is 1. The Bertz CT molecular complexity index is 346. The summed E-state index contributed by atoms with van der Waals surface area (Å²) in [5, 5.41) is 3.31. The molecule has 17 heavy (non-hydrogen) atoms. The predicted molar refractivity (Wildman–Crippen MR) is 63.3 cm³/mol. The number of aromatic amines is 1. The van der Waals surface area contributed by atoms with E-state index in [1.54, 1.807) is 12.6 Å². The third-order valence-corrected chi connectivity index (χ3v) is 2.34. The van der Waals surface area contributed by atoms with E-state index in [-0.39, 0.29) is 0 Å². The van der Waals surface area contributed by atoms with Gasteiger partial charge in [-0.05, 0) is 25.1 Å². The molecule has 0 aromatic carbocycles. The Morgan fingerprint density at radius 2 is 2.47 bits per heavy atom. The van der Waals surface area contributed by atoms with Crippen LogP contribution in [-0.2, 0) is 17.9 Å². The highest BCUT2D eigenvalue weighted by Gasteiger charge is 1.96. The maximum atomic E-state index is 5.46. The first-order chi connectivity index (χ1) is 8.45. The fraction of sp³-hybridized carbons (Fsp3) is 0.417. The van der Waals surface area contributed by atoms with E-state index in [1.807, 2.05) is 18.3 Å². The van der Waals surface area contributed by atoms with E-state index in [2.05, 4.69) is 15.3 Å². The summed E-state index contributed by atoms with van der Waals surface area (Å²) in [5.41, 5.74) is 1.10. The van der Waals surface area contributed by atoms with E-state index < -0.39 is 0 Å². The second-order valence-corrected chi connectivity index (χ2v) is 3.74. The molecule has 0 spiro atoms. The van der Waals surface area contributed by atoms with Gasteiger partial charge < -0.3 is 19.5 Å². The van der Waals surface area contributed by atoms with Crippen LogP contribution in [0, 0.1) is 0 Å². The van der Waals surface area contributed by atoms with Gasteiger partial charge in [0.2, 0.25) is 0 Å². The number of hydrogen-bond acceptors (Lipinski definition) is 4. The molecule has 2 rings (SSSR count). The SMILES string of the molecule is c1coc(COCCCNCc2cnc[nH]2)c1. The lowest BCUT2D eigenvalue weighted by Crippen LogP contribution is -2.16. The second-order valence-electron chi connectivity index (χ2n) is 3.74. The van der Waals surface area contributed by atoms with Crippen molar-refractivity contribution in [3.8, 4) is 0 Å². The number of aromatic nitrogens is 2. The quantitative estimate of drug-likeness (QED) is 0.684. The highest BCUT2D eigenvalue weighted by molar-refractivity contribution is 4.96. The van der Waals surface area contributed by atoms with E-state index in [4.69, 9.17) is 9.15 Å². The molecule has 0 aliphatic carbocycles. The summed E-state index contributed by atoms with van der Waals surface area (Å²) in [6.45, 7) is 3.03. The Labute approximate surface area is 100 Å². The van der Waals surface area contributed by atoms with Crippen LogP contribution >= 0.6 is 0 Å². The lowest BCUT2D eigenvalue weighted by atomic mass is 10.4. The average molecular weight is 235 g/mol. The van der Waals surface area contributed by atoms with Gasteiger partial charge in [0.05, 0.1) is 12.6 Å². The minimum atomic E-state index is 0.549. The summed E-state index contributed by atoms with van der Waals surface area (Å²) in [5.74, 6) is 0.871. The van der Waals surface area contributed by atoms with Crippen molar-refractivity contribution in [1.29, 1.82) is 0 Å². The minimum absolute atomic E-state index is 0.549. The van der Waals surface area contributed by atoms with Crippen molar-refractivity contribution in [2.24, 2.45) is 0 Å². The molecule has 0 aliphatic rings. The molecule has 5 heteroatoms. The summed E-state index contributed by atoms with van der Waals surface area (Å²) in [6.07, 6.45) is 6.14. The van der Waals surface area contributed by atoms with Crippen molar-refractivity contribution in [2.75, 3.05) is 13.2 Å². The molecule has 2 N–H and O–H groups in total. The summed E-state index contributed by atoms with van der Waals surface area (Å²) in [7, 11) is 0. The van der Waals surface area contributed by atoms with E-state index in [1.165, 1.54) is 0 Å². The third kappa shape index (κ3) is 4.42. The monoisotopic (exact) mass is 235 g/mol. The first-order valence-electron chi connectivity index (χ1n) is 5.73. The molecule has 92 valence electrons. The van der Waals surface area contributed by atoms with Gasteiger partial charge in [-0.25, -0.2) is 4.98 Å². The van der Waals surface area contributed by atoms with Gasteiger partial charge in [-0.15, -0.1) is 0 Å². The number of H-pyrrole nitrogens is 1. The molecule has 0 atom stereocenters. The van der Waals surface area contributed by atoms with Gasteiger partial charge in [-0.2, -0.15) is 0 Å². The fourth-order valence-corrected chi connectivity index (χ4v) is 1.47. The zero-order valence-electron chi connectivity index (χ0n) is 9.69. The summed E-state index contributed by atoms with van der Waals surface area (Å²) >= 11 is 0. The van der Waals surface area contributed by atoms with E-state index in [0.29, 0.717) is 6.61 Å². The molecule has 0 saturated heterocycles. The van der Waals surface area contributed by atoms with Gasteiger partial charge in [-0.3, -0.25) is 0 Å². The average Bonchev–Trinajstić information content (AvgIpc) is 3.00. The maximum Gasteiger partial charge on any atom is 0.129 e. The van der Waals surface area contributed by atoms with Crippen LogP contribution < -0.4 is 5.32 Å². The highest BCUT2D eigenvalue weighted by Crippen LogP contribution is 2.01. The Balaban J connectivity index is 1.44. The van der Waals surface area contributed by atoms with Crippen molar-refractivity contribution in [1.82, 2.24) is 15.3 Å². The molecule has 0 bridgehead atoms. The van der Waals surface area contributed by atoms with Crippen molar-refractivity contribution >= 4 is 0 Å². The number of furan rings is 1. The standard InChI is InChI=1S/C12H17N3O2/c1-3-12(17-6-1)9-16-5-2-4-13-7-11-8-14-10-15-11/h1,3,6,8,10,13H,2,4-5,7,9H2,(H,14,15). The van der Waals surface area contributed by atoms with Gasteiger partial charge in [0.15, 0.2) is 0 Å². The topological polar surface area (TPSA) is 63.1 Å². The lowest BCUT2D eigenvalue weighted by molar-refractivity contribution is 0.104. The normalized spacial score (nSPS) is 10.8. The van der Waals surface area contributed by atoms with Crippen molar-refractivity contribution < 1.29 is 9.15 Å². The first-order valence-corrected chi connectivity index (χ1v) is 5.73. The molecule has 0 aliphatic heterocycles. The van der Waals surface area contributed by atoms with Crippen LogP contribution in [0.5, 0.6) is 0 Å². The molecule has 5 nitrogen and oxygen atoms in total. The van der Waals surface area contributed by atoms with Crippen molar-refractivity contribution in [3.63, 3.8) is 0 Å². The zero-order chi connectivity index (χ0) is 11.8. The molecule has 2 aromatic heterocycles. The van der Waals surface area contributed by atoms with Crippen LogP contribution in [-0.4, -0.2) is 23.1 Å². The maximum absolute atomic E-state index is 5.46. The number of imidazole rings is 1. The molecule has 0 saturated carbocycles. The number of rotatable bonds is 8. The van der Waals surface area contributed by atoms with Gasteiger partial charge >= 0.3 is 0 Å². The molecule has 0 amide bonds.